The Labute approximate surface area is 189 Å². The van der Waals surface area contributed by atoms with Crippen molar-refractivity contribution in [2.75, 3.05) is 11.9 Å². The number of ether oxygens (including phenoxy) is 1. The number of hydrogen-bond acceptors (Lipinski definition) is 5. The molecule has 0 fully saturated rings. The largest absolute Gasteiger partial charge is 0.493 e. The summed E-state index contributed by atoms with van der Waals surface area (Å²) in [6.45, 7) is 2.08. The molecule has 160 valence electrons. The SMILES string of the molecule is CC(=O)NC1CCOc2ccc(-c3csc(NC(=O)CCc4ccc(Cl)cc4)n3)cc21. The maximum atomic E-state index is 12.3. The maximum absolute atomic E-state index is 12.3. The van der Waals surface area contributed by atoms with Gasteiger partial charge in [0.05, 0.1) is 18.3 Å². The van der Waals surface area contributed by atoms with Crippen LogP contribution in [0.5, 0.6) is 5.75 Å². The van der Waals surface area contributed by atoms with Gasteiger partial charge in [-0.05, 0) is 42.3 Å². The molecule has 0 saturated heterocycles. The van der Waals surface area contributed by atoms with Gasteiger partial charge in [-0.25, -0.2) is 4.98 Å². The van der Waals surface area contributed by atoms with Crippen LogP contribution in [0.1, 0.15) is 36.9 Å². The number of hydrogen-bond donors (Lipinski definition) is 2. The summed E-state index contributed by atoms with van der Waals surface area (Å²) in [4.78, 5) is 28.4. The van der Waals surface area contributed by atoms with Crippen LogP contribution in [-0.2, 0) is 16.0 Å². The van der Waals surface area contributed by atoms with Crippen molar-refractivity contribution in [3.05, 3.63) is 64.0 Å². The van der Waals surface area contributed by atoms with E-state index in [4.69, 9.17) is 16.3 Å². The van der Waals surface area contributed by atoms with E-state index < -0.39 is 0 Å². The van der Waals surface area contributed by atoms with Gasteiger partial charge in [0.2, 0.25) is 11.8 Å². The van der Waals surface area contributed by atoms with Gasteiger partial charge in [0.25, 0.3) is 0 Å². The van der Waals surface area contributed by atoms with Gasteiger partial charge in [0.15, 0.2) is 5.13 Å². The van der Waals surface area contributed by atoms with Crippen LogP contribution in [-0.4, -0.2) is 23.4 Å². The zero-order valence-corrected chi connectivity index (χ0v) is 18.6. The number of thiazole rings is 1. The molecule has 0 spiro atoms. The normalized spacial score (nSPS) is 15.0. The number of aryl methyl sites for hydroxylation is 1. The Morgan fingerprint density at radius 2 is 2.03 bits per heavy atom. The number of halogens is 1. The smallest absolute Gasteiger partial charge is 0.226 e. The molecule has 2 heterocycles. The molecular formula is C23H22ClN3O3S. The lowest BCUT2D eigenvalue weighted by atomic mass is 9.97. The van der Waals surface area contributed by atoms with E-state index in [2.05, 4.69) is 15.6 Å². The number of carbonyl (C=O) groups excluding carboxylic acids is 2. The number of benzene rings is 2. The van der Waals surface area contributed by atoms with E-state index in [0.717, 1.165) is 34.6 Å². The Morgan fingerprint density at radius 3 is 2.81 bits per heavy atom. The third kappa shape index (κ3) is 5.42. The lowest BCUT2D eigenvalue weighted by Gasteiger charge is -2.26. The number of carbonyl (C=O) groups is 2. The molecule has 1 aromatic heterocycles. The van der Waals surface area contributed by atoms with Crippen LogP contribution in [0.4, 0.5) is 5.13 Å². The fraction of sp³-hybridized carbons (Fsp3) is 0.261. The highest BCUT2D eigenvalue weighted by molar-refractivity contribution is 7.14. The van der Waals surface area contributed by atoms with Crippen molar-refractivity contribution in [2.45, 2.75) is 32.2 Å². The summed E-state index contributed by atoms with van der Waals surface area (Å²) in [5, 5.41) is 9.00. The highest BCUT2D eigenvalue weighted by atomic mass is 35.5. The minimum Gasteiger partial charge on any atom is -0.493 e. The summed E-state index contributed by atoms with van der Waals surface area (Å²) in [5.41, 5.74) is 3.69. The summed E-state index contributed by atoms with van der Waals surface area (Å²) < 4.78 is 5.72. The van der Waals surface area contributed by atoms with Crippen LogP contribution in [0.3, 0.4) is 0 Å². The summed E-state index contributed by atoms with van der Waals surface area (Å²) in [6.07, 6.45) is 1.73. The van der Waals surface area contributed by atoms with Gasteiger partial charge < -0.3 is 15.4 Å². The van der Waals surface area contributed by atoms with E-state index in [9.17, 15) is 9.59 Å². The van der Waals surface area contributed by atoms with Crippen molar-refractivity contribution in [3.8, 4) is 17.0 Å². The number of amides is 2. The second kappa shape index (κ2) is 9.49. The molecule has 6 nitrogen and oxygen atoms in total. The number of rotatable bonds is 6. The standard InChI is InChI=1S/C23H22ClN3O3S/c1-14(28)25-19-10-11-30-21-8-5-16(12-18(19)21)20-13-31-23(26-20)27-22(29)9-4-15-2-6-17(24)7-3-15/h2-3,5-8,12-13,19H,4,9-11H2,1H3,(H,25,28)(H,26,27,29). The first-order chi connectivity index (χ1) is 15.0. The Bertz CT molecular complexity index is 1100. The van der Waals surface area contributed by atoms with Crippen LogP contribution in [0.15, 0.2) is 47.8 Å². The molecule has 0 saturated carbocycles. The highest BCUT2D eigenvalue weighted by Crippen LogP contribution is 2.36. The first kappa shape index (κ1) is 21.3. The van der Waals surface area contributed by atoms with Crippen molar-refractivity contribution in [1.29, 1.82) is 0 Å². The predicted octanol–water partition coefficient (Wildman–Crippen LogP) is 4.99. The molecule has 1 unspecified atom stereocenters. The van der Waals surface area contributed by atoms with Gasteiger partial charge in [0.1, 0.15) is 5.75 Å². The Hall–Kier alpha value is -2.90. The molecule has 3 aromatic rings. The molecule has 0 bridgehead atoms. The molecule has 2 aromatic carbocycles. The van der Waals surface area contributed by atoms with Crippen molar-refractivity contribution in [1.82, 2.24) is 10.3 Å². The van der Waals surface area contributed by atoms with E-state index in [-0.39, 0.29) is 17.9 Å². The molecule has 2 N–H and O–H groups in total. The van der Waals surface area contributed by atoms with Crippen LogP contribution in [0, 0.1) is 0 Å². The molecular weight excluding hydrogens is 434 g/mol. The van der Waals surface area contributed by atoms with E-state index >= 15 is 0 Å². The lowest BCUT2D eigenvalue weighted by Crippen LogP contribution is -2.30. The van der Waals surface area contributed by atoms with Crippen LogP contribution in [0.2, 0.25) is 5.02 Å². The van der Waals surface area contributed by atoms with Crippen molar-refractivity contribution < 1.29 is 14.3 Å². The molecule has 31 heavy (non-hydrogen) atoms. The molecule has 1 aliphatic rings. The molecule has 4 rings (SSSR count). The fourth-order valence-electron chi connectivity index (χ4n) is 3.50. The third-order valence-electron chi connectivity index (χ3n) is 5.03. The maximum Gasteiger partial charge on any atom is 0.226 e. The van der Waals surface area contributed by atoms with Crippen LogP contribution in [0.25, 0.3) is 11.3 Å². The second-order valence-corrected chi connectivity index (χ2v) is 8.65. The third-order valence-corrected chi connectivity index (χ3v) is 6.04. The van der Waals surface area contributed by atoms with E-state index in [1.54, 1.807) is 0 Å². The highest BCUT2D eigenvalue weighted by Gasteiger charge is 2.23. The molecule has 2 amide bonds. The summed E-state index contributed by atoms with van der Waals surface area (Å²) >= 11 is 7.28. The average molecular weight is 456 g/mol. The van der Waals surface area contributed by atoms with Crippen LogP contribution < -0.4 is 15.4 Å². The van der Waals surface area contributed by atoms with Gasteiger partial charge in [-0.2, -0.15) is 0 Å². The molecule has 8 heteroatoms. The topological polar surface area (TPSA) is 80.3 Å². The molecule has 0 aliphatic carbocycles. The van der Waals surface area contributed by atoms with E-state index in [1.807, 2.05) is 47.8 Å². The number of aromatic nitrogens is 1. The van der Waals surface area contributed by atoms with Gasteiger partial charge in [0, 0.05) is 41.3 Å². The summed E-state index contributed by atoms with van der Waals surface area (Å²) in [5.74, 6) is 0.626. The fourth-order valence-corrected chi connectivity index (χ4v) is 4.37. The summed E-state index contributed by atoms with van der Waals surface area (Å²) in [7, 11) is 0. The zero-order chi connectivity index (χ0) is 21.8. The Morgan fingerprint density at radius 1 is 1.23 bits per heavy atom. The van der Waals surface area contributed by atoms with Gasteiger partial charge in [-0.15, -0.1) is 11.3 Å². The predicted molar refractivity (Wildman–Crippen MR) is 123 cm³/mol. The molecule has 1 atom stereocenters. The quantitative estimate of drug-likeness (QED) is 0.548. The number of nitrogens with zero attached hydrogens (tertiary/aromatic N) is 1. The Kier molecular flexibility index (Phi) is 6.53. The second-order valence-electron chi connectivity index (χ2n) is 7.36. The first-order valence-electron chi connectivity index (χ1n) is 10.0. The molecule has 1 aliphatic heterocycles. The van der Waals surface area contributed by atoms with Crippen molar-refractivity contribution in [3.63, 3.8) is 0 Å². The number of anilines is 1. The average Bonchev–Trinajstić information content (AvgIpc) is 3.21. The van der Waals surface area contributed by atoms with Crippen molar-refractivity contribution in [2.24, 2.45) is 0 Å². The monoisotopic (exact) mass is 455 g/mol. The van der Waals surface area contributed by atoms with Crippen molar-refractivity contribution >= 4 is 39.9 Å². The van der Waals surface area contributed by atoms with Crippen LogP contribution >= 0.6 is 22.9 Å². The molecule has 0 radical (unpaired) electrons. The van der Waals surface area contributed by atoms with E-state index in [1.165, 1.54) is 18.3 Å². The number of nitrogens with one attached hydrogen (secondary N) is 2. The Balaban J connectivity index is 1.42. The van der Waals surface area contributed by atoms with Gasteiger partial charge in [-0.1, -0.05) is 23.7 Å². The van der Waals surface area contributed by atoms with E-state index in [0.29, 0.717) is 29.6 Å². The lowest BCUT2D eigenvalue weighted by molar-refractivity contribution is -0.120. The minimum atomic E-state index is -0.0830. The van der Waals surface area contributed by atoms with Gasteiger partial charge in [-0.3, -0.25) is 9.59 Å². The summed E-state index contributed by atoms with van der Waals surface area (Å²) in [6, 6.07) is 13.3. The van der Waals surface area contributed by atoms with Gasteiger partial charge >= 0.3 is 0 Å². The number of fused-ring (bicyclic) bond motifs is 1. The minimum absolute atomic E-state index is 0.0690. The first-order valence-corrected chi connectivity index (χ1v) is 11.3. The zero-order valence-electron chi connectivity index (χ0n) is 17.0.